The van der Waals surface area contributed by atoms with E-state index in [1.807, 2.05) is 0 Å². The molecule has 0 aliphatic heterocycles. The number of halogens is 7. The van der Waals surface area contributed by atoms with Crippen LogP contribution in [0.5, 0.6) is 0 Å². The summed E-state index contributed by atoms with van der Waals surface area (Å²) in [5.74, 6) is 0. The first-order valence-corrected chi connectivity index (χ1v) is 5.25. The third kappa shape index (κ3) is 15.8. The second-order valence-electron chi connectivity index (χ2n) is 1.35. The molecule has 3 nitrogen and oxygen atoms in total. The normalized spacial score (nSPS) is 15.5. The maximum absolute atomic E-state index is 10.7. The Kier molecular flexibility index (Phi) is 12.9. The van der Waals surface area contributed by atoms with Crippen LogP contribution in [0.3, 0.4) is 0 Å². The minimum absolute atomic E-state index is 0. The molecule has 0 aromatic carbocycles. The van der Waals surface area contributed by atoms with Gasteiger partial charge in [0.15, 0.2) is 0 Å². The van der Waals surface area contributed by atoms with Gasteiger partial charge in [0, 0.05) is 0 Å². The van der Waals surface area contributed by atoms with Crippen molar-refractivity contribution in [2.24, 2.45) is 0 Å². The van der Waals surface area contributed by atoms with Gasteiger partial charge >= 0.3 is 62.4 Å². The summed E-state index contributed by atoms with van der Waals surface area (Å²) in [6.07, 6.45) is 0. The van der Waals surface area contributed by atoms with Crippen molar-refractivity contribution in [3.05, 3.63) is 0 Å². The Labute approximate surface area is 132 Å². The minimum atomic E-state index is -5.08. The van der Waals surface area contributed by atoms with Gasteiger partial charge in [-0.25, -0.2) is 4.21 Å². The fourth-order valence-corrected chi connectivity index (χ4v) is 0. The molecule has 0 saturated carbocycles. The molecule has 0 heterocycles. The Hall–Kier alpha value is 1.77. The van der Waals surface area contributed by atoms with Gasteiger partial charge in [-0.05, 0) is 10.7 Å². The van der Waals surface area contributed by atoms with E-state index in [1.165, 1.54) is 0 Å². The van der Waals surface area contributed by atoms with E-state index >= 15 is 0 Å². The van der Waals surface area contributed by atoms with E-state index in [0.717, 1.165) is 0 Å². The number of alkyl halides is 6. The van der Waals surface area contributed by atoms with E-state index in [4.69, 9.17) is 8.76 Å². The van der Waals surface area contributed by atoms with Gasteiger partial charge in [0.2, 0.25) is 10.0 Å². The van der Waals surface area contributed by atoms with Gasteiger partial charge < -0.3 is 4.55 Å². The Balaban J connectivity index is -0.000000180. The maximum atomic E-state index is 10.7. The van der Waals surface area contributed by atoms with Crippen molar-refractivity contribution in [2.45, 2.75) is 11.0 Å². The van der Waals surface area contributed by atoms with Crippen LogP contribution in [-0.4, -0.2) is 24.0 Å². The Morgan fingerprint density at radius 1 is 0.933 bits per heavy atom. The van der Waals surface area contributed by atoms with Crippen molar-refractivity contribution in [2.75, 3.05) is 0 Å². The van der Waals surface area contributed by atoms with Crippen LogP contribution < -0.4 is 51.4 Å². The third-order valence-corrected chi connectivity index (χ3v) is 1.64. The SMILES string of the molecule is O=S(Cl)C(F)(F)F.O=S([O-])C(F)(F)F.[K+]. The largest absolute Gasteiger partial charge is 1.00 e. The molecule has 0 amide bonds. The predicted molar refractivity (Wildman–Crippen MR) is 35.0 cm³/mol. The van der Waals surface area contributed by atoms with Crippen LogP contribution in [0.25, 0.3) is 0 Å². The van der Waals surface area contributed by atoms with Gasteiger partial charge in [0.05, 0.1) is 11.1 Å². The van der Waals surface area contributed by atoms with Gasteiger partial charge in [0.25, 0.3) is 0 Å². The van der Waals surface area contributed by atoms with Crippen LogP contribution in [-0.2, 0) is 21.1 Å². The van der Waals surface area contributed by atoms with E-state index < -0.39 is 32.1 Å². The molecule has 13 heteroatoms. The topological polar surface area (TPSA) is 57.2 Å². The number of rotatable bonds is 0. The second kappa shape index (κ2) is 8.80. The molecule has 0 N–H and O–H groups in total. The summed E-state index contributed by atoms with van der Waals surface area (Å²) in [7, 11) is 0.890. The second-order valence-corrected chi connectivity index (χ2v) is 4.03. The number of hydrogen-bond donors (Lipinski definition) is 0. The molecule has 0 fully saturated rings. The molecule has 0 aromatic rings. The monoisotopic (exact) mass is 324 g/mol. The van der Waals surface area contributed by atoms with Gasteiger partial charge in [-0.15, -0.1) is 0 Å². The van der Waals surface area contributed by atoms with Gasteiger partial charge in [-0.3, -0.25) is 4.21 Å². The number of hydrogen-bond acceptors (Lipinski definition) is 3. The van der Waals surface area contributed by atoms with E-state index in [0.29, 0.717) is 0 Å². The zero-order chi connectivity index (χ0) is 12.2. The summed E-state index contributed by atoms with van der Waals surface area (Å²) < 4.78 is 90.9. The molecular formula is C2ClF6KO3S2. The van der Waals surface area contributed by atoms with Gasteiger partial charge in [-0.1, -0.05) is 0 Å². The zero-order valence-corrected chi connectivity index (χ0v) is 12.2. The van der Waals surface area contributed by atoms with Gasteiger partial charge in [-0.2, -0.15) is 26.3 Å². The fraction of sp³-hybridized carbons (Fsp3) is 1.00. The van der Waals surface area contributed by atoms with E-state index in [1.54, 1.807) is 0 Å². The molecule has 0 bridgehead atoms. The predicted octanol–water partition coefficient (Wildman–Crippen LogP) is -1.20. The van der Waals surface area contributed by atoms with E-state index in [2.05, 4.69) is 10.7 Å². The molecule has 0 rings (SSSR count). The fourth-order valence-electron chi connectivity index (χ4n) is 0. The minimum Gasteiger partial charge on any atom is -0.766 e. The van der Waals surface area contributed by atoms with Crippen molar-refractivity contribution < 1.29 is 90.7 Å². The van der Waals surface area contributed by atoms with Crippen LogP contribution in [0.1, 0.15) is 0 Å². The van der Waals surface area contributed by atoms with E-state index in [9.17, 15) is 30.6 Å². The van der Waals surface area contributed by atoms with Crippen molar-refractivity contribution in [3.63, 3.8) is 0 Å². The quantitative estimate of drug-likeness (QED) is 0.243. The van der Waals surface area contributed by atoms with Crippen molar-refractivity contribution in [1.82, 2.24) is 0 Å². The Morgan fingerprint density at radius 3 is 1.07 bits per heavy atom. The summed E-state index contributed by atoms with van der Waals surface area (Å²) in [4.78, 5) is 0. The Morgan fingerprint density at radius 2 is 1.07 bits per heavy atom. The average Bonchev–Trinajstić information content (AvgIpc) is 1.83. The molecule has 0 radical (unpaired) electrons. The van der Waals surface area contributed by atoms with Crippen molar-refractivity contribution in [1.29, 1.82) is 0 Å². The smallest absolute Gasteiger partial charge is 0.766 e. The summed E-state index contributed by atoms with van der Waals surface area (Å²) in [5, 5.41) is 0. The molecule has 0 aliphatic rings. The average molecular weight is 325 g/mol. The molecule has 88 valence electrons. The molecule has 0 aliphatic carbocycles. The Bertz CT molecular complexity index is 203. The summed E-state index contributed by atoms with van der Waals surface area (Å²) >= 11 is -3.93. The standard InChI is InChI=1S/CClF3OS.CHF3O2S.K/c2-7(6)1(3,4)5;2-1(3,4)7(5)6;/h;(H,5,6);/q;;+1/p-1. The molecular weight excluding hydrogens is 325 g/mol. The molecule has 0 saturated heterocycles. The molecule has 0 spiro atoms. The third-order valence-electron chi connectivity index (χ3n) is 0.371. The van der Waals surface area contributed by atoms with Crippen molar-refractivity contribution >= 4 is 31.8 Å². The summed E-state index contributed by atoms with van der Waals surface area (Å²) in [6, 6.07) is 0. The first kappa shape index (κ1) is 22.0. The first-order valence-electron chi connectivity index (χ1n) is 2.20. The molecule has 2 unspecified atom stereocenters. The van der Waals surface area contributed by atoms with E-state index in [-0.39, 0.29) is 51.4 Å². The van der Waals surface area contributed by atoms with Crippen LogP contribution in [0.15, 0.2) is 0 Å². The van der Waals surface area contributed by atoms with Crippen LogP contribution >= 0.6 is 10.7 Å². The van der Waals surface area contributed by atoms with Crippen LogP contribution in [0.2, 0.25) is 0 Å². The summed E-state index contributed by atoms with van der Waals surface area (Å²) in [5.41, 5.74) is -9.85. The maximum Gasteiger partial charge on any atom is 1.00 e. The molecule has 2 atom stereocenters. The van der Waals surface area contributed by atoms with Crippen LogP contribution in [0.4, 0.5) is 26.3 Å². The van der Waals surface area contributed by atoms with Crippen molar-refractivity contribution in [3.8, 4) is 0 Å². The first-order chi connectivity index (χ1) is 5.89. The van der Waals surface area contributed by atoms with Gasteiger partial charge in [0.1, 0.15) is 0 Å². The summed E-state index contributed by atoms with van der Waals surface area (Å²) in [6.45, 7) is 0. The zero-order valence-electron chi connectivity index (χ0n) is 6.69. The van der Waals surface area contributed by atoms with Crippen LogP contribution in [0, 0.1) is 0 Å². The molecule has 15 heavy (non-hydrogen) atoms. The molecule has 0 aromatic heterocycles.